The number of piperidine rings is 1. The summed E-state index contributed by atoms with van der Waals surface area (Å²) in [5, 5.41) is 0. The summed E-state index contributed by atoms with van der Waals surface area (Å²) in [6, 6.07) is 8.96. The molecule has 2 aromatic rings. The van der Waals surface area contributed by atoms with Gasteiger partial charge in [0.1, 0.15) is 11.5 Å². The normalized spacial score (nSPS) is 23.9. The number of hydrogen-bond acceptors (Lipinski definition) is 4. The third kappa shape index (κ3) is 3.53. The van der Waals surface area contributed by atoms with Gasteiger partial charge in [-0.3, -0.25) is 9.88 Å². The number of alkyl halides is 3. The van der Waals surface area contributed by atoms with E-state index in [1.807, 2.05) is 24.4 Å². The van der Waals surface area contributed by atoms with Gasteiger partial charge in [0.2, 0.25) is 0 Å². The van der Waals surface area contributed by atoms with E-state index >= 15 is 0 Å². The zero-order valence-electron chi connectivity index (χ0n) is 14.4. The number of hydrogen-bond donors (Lipinski definition) is 0. The predicted molar refractivity (Wildman–Crippen MR) is 92.6 cm³/mol. The van der Waals surface area contributed by atoms with Crippen LogP contribution in [0.2, 0.25) is 0 Å². The number of rotatable bonds is 3. The standard InChI is InChI=1S/C19H21F3N4/c20-19(21,22)17-5-4-14(11-24-17)12-25-9-6-15-7-10-26(13-16(15)25)18-3-1-2-8-23-18/h1-5,8,11,15-16H,6-7,9-10,12-13H2. The molecule has 2 atom stereocenters. The Kier molecular flexibility index (Phi) is 4.56. The molecule has 7 heteroatoms. The highest BCUT2D eigenvalue weighted by Crippen LogP contribution is 2.34. The number of pyridine rings is 2. The second-order valence-corrected chi connectivity index (χ2v) is 7.06. The summed E-state index contributed by atoms with van der Waals surface area (Å²) in [4.78, 5) is 12.7. The van der Waals surface area contributed by atoms with Crippen molar-refractivity contribution in [1.29, 1.82) is 0 Å². The molecule has 0 aromatic carbocycles. The van der Waals surface area contributed by atoms with Crippen molar-refractivity contribution in [1.82, 2.24) is 14.9 Å². The molecular weight excluding hydrogens is 341 g/mol. The van der Waals surface area contributed by atoms with Gasteiger partial charge in [0.25, 0.3) is 0 Å². The molecule has 2 aromatic heterocycles. The molecule has 0 radical (unpaired) electrons. The van der Waals surface area contributed by atoms with Crippen molar-refractivity contribution < 1.29 is 13.2 Å². The van der Waals surface area contributed by atoms with Crippen molar-refractivity contribution in [2.24, 2.45) is 5.92 Å². The first-order valence-corrected chi connectivity index (χ1v) is 8.93. The molecule has 0 amide bonds. The minimum atomic E-state index is -4.39. The van der Waals surface area contributed by atoms with E-state index in [0.717, 1.165) is 49.9 Å². The fourth-order valence-electron chi connectivity index (χ4n) is 4.09. The number of nitrogens with zero attached hydrogens (tertiary/aromatic N) is 4. The summed E-state index contributed by atoms with van der Waals surface area (Å²) in [5.74, 6) is 1.64. The zero-order chi connectivity index (χ0) is 18.1. The van der Waals surface area contributed by atoms with Gasteiger partial charge in [-0.2, -0.15) is 13.2 Å². The number of fused-ring (bicyclic) bond motifs is 1. The van der Waals surface area contributed by atoms with Crippen LogP contribution in [-0.4, -0.2) is 40.5 Å². The Labute approximate surface area is 150 Å². The minimum absolute atomic E-state index is 0.410. The number of halogens is 3. The van der Waals surface area contributed by atoms with Gasteiger partial charge in [-0.15, -0.1) is 0 Å². The van der Waals surface area contributed by atoms with Crippen molar-refractivity contribution in [3.63, 3.8) is 0 Å². The van der Waals surface area contributed by atoms with Crippen LogP contribution in [0.15, 0.2) is 42.7 Å². The maximum Gasteiger partial charge on any atom is 0.433 e. The lowest BCUT2D eigenvalue weighted by molar-refractivity contribution is -0.141. The molecule has 0 aliphatic carbocycles. The van der Waals surface area contributed by atoms with Gasteiger partial charge in [0, 0.05) is 38.1 Å². The summed E-state index contributed by atoms with van der Waals surface area (Å²) < 4.78 is 38.0. The van der Waals surface area contributed by atoms with Crippen molar-refractivity contribution in [3.05, 3.63) is 54.0 Å². The van der Waals surface area contributed by atoms with Crippen LogP contribution in [0.5, 0.6) is 0 Å². The van der Waals surface area contributed by atoms with E-state index < -0.39 is 11.9 Å². The molecule has 4 rings (SSSR count). The van der Waals surface area contributed by atoms with E-state index in [2.05, 4.69) is 19.8 Å². The molecule has 0 saturated carbocycles. The van der Waals surface area contributed by atoms with Gasteiger partial charge in [-0.05, 0) is 49.1 Å². The number of anilines is 1. The van der Waals surface area contributed by atoms with Gasteiger partial charge in [-0.1, -0.05) is 12.1 Å². The Bertz CT molecular complexity index is 733. The Balaban J connectivity index is 1.44. The molecule has 2 aliphatic heterocycles. The van der Waals surface area contributed by atoms with Gasteiger partial charge in [0.05, 0.1) is 0 Å². The summed E-state index contributed by atoms with van der Waals surface area (Å²) in [6.45, 7) is 3.54. The Morgan fingerprint density at radius 2 is 1.88 bits per heavy atom. The highest BCUT2D eigenvalue weighted by molar-refractivity contribution is 5.39. The Morgan fingerprint density at radius 3 is 2.58 bits per heavy atom. The first kappa shape index (κ1) is 17.3. The highest BCUT2D eigenvalue weighted by atomic mass is 19.4. The van der Waals surface area contributed by atoms with Crippen LogP contribution in [0.25, 0.3) is 0 Å². The van der Waals surface area contributed by atoms with Crippen LogP contribution < -0.4 is 4.90 Å². The van der Waals surface area contributed by atoms with Gasteiger partial charge in [0.15, 0.2) is 0 Å². The largest absolute Gasteiger partial charge is 0.433 e. The Hall–Kier alpha value is -2.15. The molecule has 138 valence electrons. The molecule has 2 saturated heterocycles. The van der Waals surface area contributed by atoms with Crippen molar-refractivity contribution in [3.8, 4) is 0 Å². The van der Waals surface area contributed by atoms with Crippen molar-refractivity contribution in [2.45, 2.75) is 31.6 Å². The lowest BCUT2D eigenvalue weighted by Gasteiger charge is -2.39. The summed E-state index contributed by atoms with van der Waals surface area (Å²) in [6.07, 6.45) is 1.05. The van der Waals surface area contributed by atoms with E-state index in [0.29, 0.717) is 18.5 Å². The average Bonchev–Trinajstić information content (AvgIpc) is 3.04. The van der Waals surface area contributed by atoms with Gasteiger partial charge < -0.3 is 4.90 Å². The lowest BCUT2D eigenvalue weighted by Crippen LogP contribution is -2.48. The van der Waals surface area contributed by atoms with Crippen molar-refractivity contribution >= 4 is 5.82 Å². The smallest absolute Gasteiger partial charge is 0.355 e. The molecule has 4 nitrogen and oxygen atoms in total. The lowest BCUT2D eigenvalue weighted by atomic mass is 9.92. The molecule has 2 aliphatic rings. The van der Waals surface area contributed by atoms with Crippen LogP contribution in [0.1, 0.15) is 24.1 Å². The van der Waals surface area contributed by atoms with E-state index in [4.69, 9.17) is 0 Å². The Morgan fingerprint density at radius 1 is 1.04 bits per heavy atom. The average molecular weight is 362 g/mol. The monoisotopic (exact) mass is 362 g/mol. The van der Waals surface area contributed by atoms with E-state index in [1.165, 1.54) is 6.20 Å². The van der Waals surface area contributed by atoms with Crippen molar-refractivity contribution in [2.75, 3.05) is 24.5 Å². The van der Waals surface area contributed by atoms with Crippen LogP contribution in [0, 0.1) is 5.92 Å². The third-order valence-corrected chi connectivity index (χ3v) is 5.45. The molecule has 4 heterocycles. The zero-order valence-corrected chi connectivity index (χ0v) is 14.4. The maximum atomic E-state index is 12.7. The quantitative estimate of drug-likeness (QED) is 0.835. The topological polar surface area (TPSA) is 32.3 Å². The first-order valence-electron chi connectivity index (χ1n) is 8.93. The summed E-state index contributed by atoms with van der Waals surface area (Å²) >= 11 is 0. The second kappa shape index (κ2) is 6.87. The molecule has 26 heavy (non-hydrogen) atoms. The van der Waals surface area contributed by atoms with E-state index in [-0.39, 0.29) is 0 Å². The fraction of sp³-hybridized carbons (Fsp3) is 0.474. The summed E-state index contributed by atoms with van der Waals surface area (Å²) in [5.41, 5.74) is -0.00634. The van der Waals surface area contributed by atoms with Crippen LogP contribution in [-0.2, 0) is 12.7 Å². The van der Waals surface area contributed by atoms with Gasteiger partial charge >= 0.3 is 6.18 Å². The third-order valence-electron chi connectivity index (χ3n) is 5.45. The van der Waals surface area contributed by atoms with Crippen LogP contribution in [0.3, 0.4) is 0 Å². The highest BCUT2D eigenvalue weighted by Gasteiger charge is 2.38. The molecule has 0 N–H and O–H groups in total. The van der Waals surface area contributed by atoms with Gasteiger partial charge in [-0.25, -0.2) is 4.98 Å². The SMILES string of the molecule is FC(F)(F)c1ccc(CN2CCC3CCN(c4ccccn4)CC32)cn1. The molecule has 2 fully saturated rings. The molecule has 2 unspecified atom stereocenters. The van der Waals surface area contributed by atoms with Crippen LogP contribution in [0.4, 0.5) is 19.0 Å². The predicted octanol–water partition coefficient (Wildman–Crippen LogP) is 3.60. The number of aromatic nitrogens is 2. The van der Waals surface area contributed by atoms with E-state index in [1.54, 1.807) is 6.07 Å². The summed E-state index contributed by atoms with van der Waals surface area (Å²) in [7, 11) is 0. The molecule has 0 spiro atoms. The number of likely N-dealkylation sites (tertiary alicyclic amines) is 1. The molecule has 0 bridgehead atoms. The van der Waals surface area contributed by atoms with Crippen LogP contribution >= 0.6 is 0 Å². The molecular formula is C19H21F3N4. The first-order chi connectivity index (χ1) is 12.5. The minimum Gasteiger partial charge on any atom is -0.355 e. The fourth-order valence-corrected chi connectivity index (χ4v) is 4.09. The maximum absolute atomic E-state index is 12.7. The van der Waals surface area contributed by atoms with E-state index in [9.17, 15) is 13.2 Å². The second-order valence-electron chi connectivity index (χ2n) is 7.06.